The summed E-state index contributed by atoms with van der Waals surface area (Å²) < 4.78 is 10.0. The number of ether oxygens (including phenoxy) is 2. The van der Waals surface area contributed by atoms with Crippen LogP contribution in [-0.4, -0.2) is 12.6 Å². The first-order chi connectivity index (χ1) is 6.24. The molecule has 0 aromatic heterocycles. The Bertz CT molecular complexity index is 281. The number of carbonyl (C=O) groups excluding carboxylic acids is 1. The summed E-state index contributed by atoms with van der Waals surface area (Å²) in [5.74, 6) is 0.951. The molecule has 0 atom stereocenters. The Balaban J connectivity index is 2.83. The minimum absolute atomic E-state index is 0.0522. The zero-order chi connectivity index (χ0) is 9.68. The van der Waals surface area contributed by atoms with Crippen LogP contribution in [0.5, 0.6) is 11.5 Å². The molecule has 0 fully saturated rings. The molecule has 0 unspecified atom stereocenters. The molecule has 1 aromatic rings. The largest absolute Gasteiger partial charge is 0.487 e. The third-order valence-electron chi connectivity index (χ3n) is 1.36. The summed E-state index contributed by atoms with van der Waals surface area (Å²) in [7, 11) is 0. The van der Waals surface area contributed by atoms with Crippen LogP contribution in [-0.2, 0) is 4.79 Å². The highest BCUT2D eigenvalue weighted by molar-refractivity contribution is 5.51. The van der Waals surface area contributed by atoms with Gasteiger partial charge in [0.2, 0.25) is 0 Å². The van der Waals surface area contributed by atoms with E-state index in [1.807, 2.05) is 19.9 Å². The normalized spacial score (nSPS) is 9.77. The van der Waals surface area contributed by atoms with E-state index in [4.69, 9.17) is 4.74 Å². The molecule has 0 bridgehead atoms. The van der Waals surface area contributed by atoms with Crippen LogP contribution in [0.1, 0.15) is 13.8 Å². The minimum atomic E-state index is 0.0522. The maximum Gasteiger partial charge on any atom is 0.423 e. The summed E-state index contributed by atoms with van der Waals surface area (Å²) in [6.07, 6.45) is 0.0522. The Labute approximate surface area is 77.3 Å². The van der Waals surface area contributed by atoms with E-state index in [1.54, 1.807) is 18.2 Å². The van der Waals surface area contributed by atoms with Crippen LogP contribution in [0.15, 0.2) is 24.3 Å². The van der Waals surface area contributed by atoms with Gasteiger partial charge in [0, 0.05) is 0 Å². The average Bonchev–Trinajstić information content (AvgIpc) is 2.08. The summed E-state index contributed by atoms with van der Waals surface area (Å²) in [6, 6.07) is 6.98. The van der Waals surface area contributed by atoms with Gasteiger partial charge in [-0.1, -0.05) is 12.1 Å². The monoisotopic (exact) mass is 179 g/mol. The van der Waals surface area contributed by atoms with Gasteiger partial charge in [0.15, 0.2) is 11.5 Å². The van der Waals surface area contributed by atoms with E-state index in [0.717, 1.165) is 0 Å². The molecule has 0 amide bonds. The van der Waals surface area contributed by atoms with Gasteiger partial charge in [0.1, 0.15) is 0 Å². The fourth-order valence-corrected chi connectivity index (χ4v) is 0.931. The highest BCUT2D eigenvalue weighted by atomic mass is 16.5. The van der Waals surface area contributed by atoms with Crippen LogP contribution in [0.4, 0.5) is 0 Å². The molecule has 0 saturated heterocycles. The Hall–Kier alpha value is -1.51. The highest BCUT2D eigenvalue weighted by Gasteiger charge is 2.05. The SMILES string of the molecule is CC(C)Oc1ccccc1O[C]=O. The van der Waals surface area contributed by atoms with Gasteiger partial charge in [-0.05, 0) is 26.0 Å². The first kappa shape index (κ1) is 9.58. The van der Waals surface area contributed by atoms with Gasteiger partial charge in [-0.3, -0.25) is 0 Å². The van der Waals surface area contributed by atoms with Crippen LogP contribution >= 0.6 is 0 Å². The van der Waals surface area contributed by atoms with Gasteiger partial charge in [-0.2, -0.15) is 0 Å². The zero-order valence-corrected chi connectivity index (χ0v) is 7.61. The summed E-state index contributed by atoms with van der Waals surface area (Å²) >= 11 is 0. The van der Waals surface area contributed by atoms with Gasteiger partial charge in [0.05, 0.1) is 6.10 Å². The van der Waals surface area contributed by atoms with Crippen LogP contribution in [0.2, 0.25) is 0 Å². The van der Waals surface area contributed by atoms with Crippen molar-refractivity contribution in [3.8, 4) is 11.5 Å². The van der Waals surface area contributed by atoms with E-state index < -0.39 is 0 Å². The third-order valence-corrected chi connectivity index (χ3v) is 1.36. The van der Waals surface area contributed by atoms with Crippen molar-refractivity contribution in [2.75, 3.05) is 0 Å². The topological polar surface area (TPSA) is 35.5 Å². The van der Waals surface area contributed by atoms with Crippen LogP contribution in [0.25, 0.3) is 0 Å². The van der Waals surface area contributed by atoms with Gasteiger partial charge >= 0.3 is 6.47 Å². The molecule has 0 N–H and O–H groups in total. The second-order valence-electron chi connectivity index (χ2n) is 2.80. The number of benzene rings is 1. The van der Waals surface area contributed by atoms with E-state index in [-0.39, 0.29) is 6.10 Å². The molecule has 0 aliphatic rings. The summed E-state index contributed by atoms with van der Waals surface area (Å²) in [5, 5.41) is 0. The van der Waals surface area contributed by atoms with Gasteiger partial charge in [-0.15, -0.1) is 0 Å². The Morgan fingerprint density at radius 3 is 2.38 bits per heavy atom. The molecule has 1 rings (SSSR count). The van der Waals surface area contributed by atoms with E-state index in [0.29, 0.717) is 11.5 Å². The predicted molar refractivity (Wildman–Crippen MR) is 48.5 cm³/mol. The van der Waals surface area contributed by atoms with Crippen molar-refractivity contribution in [2.24, 2.45) is 0 Å². The lowest BCUT2D eigenvalue weighted by molar-refractivity contribution is 0.234. The maximum absolute atomic E-state index is 10.0. The smallest absolute Gasteiger partial charge is 0.423 e. The quantitative estimate of drug-likeness (QED) is 0.708. The highest BCUT2D eigenvalue weighted by Crippen LogP contribution is 2.26. The molecular formula is C10H11O3. The van der Waals surface area contributed by atoms with Crippen LogP contribution < -0.4 is 9.47 Å². The Kier molecular flexibility index (Phi) is 3.31. The molecule has 69 valence electrons. The predicted octanol–water partition coefficient (Wildman–Crippen LogP) is 1.92. The molecule has 0 saturated carbocycles. The first-order valence-corrected chi connectivity index (χ1v) is 4.03. The zero-order valence-electron chi connectivity index (χ0n) is 7.61. The molecular weight excluding hydrogens is 168 g/mol. The van der Waals surface area contributed by atoms with Gasteiger partial charge in [0.25, 0.3) is 0 Å². The van der Waals surface area contributed by atoms with Crippen LogP contribution in [0.3, 0.4) is 0 Å². The standard InChI is InChI=1S/C10H11O3/c1-8(2)13-10-6-4-3-5-9(10)12-7-11/h3-6,8H,1-2H3. The molecule has 1 radical (unpaired) electrons. The maximum atomic E-state index is 10.0. The first-order valence-electron chi connectivity index (χ1n) is 4.03. The van der Waals surface area contributed by atoms with Crippen molar-refractivity contribution >= 4 is 6.47 Å². The molecule has 0 aliphatic carbocycles. The molecule has 13 heavy (non-hydrogen) atoms. The Morgan fingerprint density at radius 2 is 1.85 bits per heavy atom. The van der Waals surface area contributed by atoms with Crippen molar-refractivity contribution in [3.05, 3.63) is 24.3 Å². The number of para-hydroxylation sites is 2. The van der Waals surface area contributed by atoms with Crippen LogP contribution in [0, 0.1) is 0 Å². The van der Waals surface area contributed by atoms with E-state index in [1.165, 1.54) is 6.47 Å². The van der Waals surface area contributed by atoms with E-state index in [2.05, 4.69) is 4.74 Å². The lowest BCUT2D eigenvalue weighted by atomic mass is 10.3. The molecule has 3 heteroatoms. The van der Waals surface area contributed by atoms with Gasteiger partial charge < -0.3 is 9.47 Å². The number of hydrogen-bond donors (Lipinski definition) is 0. The molecule has 0 heterocycles. The average molecular weight is 179 g/mol. The minimum Gasteiger partial charge on any atom is -0.487 e. The Morgan fingerprint density at radius 1 is 1.23 bits per heavy atom. The molecule has 1 aromatic carbocycles. The van der Waals surface area contributed by atoms with Crippen molar-refractivity contribution in [1.82, 2.24) is 0 Å². The van der Waals surface area contributed by atoms with Crippen molar-refractivity contribution in [1.29, 1.82) is 0 Å². The molecule has 0 spiro atoms. The second-order valence-corrected chi connectivity index (χ2v) is 2.80. The van der Waals surface area contributed by atoms with Crippen molar-refractivity contribution in [2.45, 2.75) is 20.0 Å². The summed E-state index contributed by atoms with van der Waals surface area (Å²) in [4.78, 5) is 10.0. The lowest BCUT2D eigenvalue weighted by Gasteiger charge is -2.11. The lowest BCUT2D eigenvalue weighted by Crippen LogP contribution is -2.06. The summed E-state index contributed by atoms with van der Waals surface area (Å²) in [6.45, 7) is 5.18. The molecule has 0 aliphatic heterocycles. The summed E-state index contributed by atoms with van der Waals surface area (Å²) in [5.41, 5.74) is 0. The third kappa shape index (κ3) is 2.78. The second kappa shape index (κ2) is 4.50. The molecule has 3 nitrogen and oxygen atoms in total. The fourth-order valence-electron chi connectivity index (χ4n) is 0.931. The van der Waals surface area contributed by atoms with Crippen molar-refractivity contribution < 1.29 is 14.3 Å². The van der Waals surface area contributed by atoms with Gasteiger partial charge in [-0.25, -0.2) is 4.79 Å². The number of rotatable bonds is 4. The fraction of sp³-hybridized carbons (Fsp3) is 0.300. The van der Waals surface area contributed by atoms with E-state index >= 15 is 0 Å². The van der Waals surface area contributed by atoms with E-state index in [9.17, 15) is 4.79 Å². The van der Waals surface area contributed by atoms with Crippen molar-refractivity contribution in [3.63, 3.8) is 0 Å². The number of hydrogen-bond acceptors (Lipinski definition) is 3.